The number of rotatable bonds is 7. The average molecular weight is 500 g/mol. The van der Waals surface area contributed by atoms with Crippen LogP contribution in [0.5, 0.6) is 17.2 Å². The summed E-state index contributed by atoms with van der Waals surface area (Å²) in [6.45, 7) is 0. The molecule has 0 aliphatic carbocycles. The molecule has 1 atom stereocenters. The predicted molar refractivity (Wildman–Crippen MR) is 125 cm³/mol. The van der Waals surface area contributed by atoms with E-state index in [0.717, 1.165) is 12.1 Å². The minimum Gasteiger partial charge on any atom is -0.497 e. The number of ether oxygens (including phenoxy) is 4. The molecule has 3 aromatic rings. The lowest BCUT2D eigenvalue weighted by atomic mass is 9.87. The van der Waals surface area contributed by atoms with Crippen molar-refractivity contribution in [3.05, 3.63) is 94.6 Å². The van der Waals surface area contributed by atoms with E-state index >= 15 is 0 Å². The fraction of sp³-hybridized carbons (Fsp3) is 0.222. The molecule has 0 aromatic heterocycles. The standard InChI is InChI=1S/C27H23F3O6/c1-33-20-9-7-18(8-10-20)26(32)23(12-16-5-4-6-19(11-16)27(28,29)30)24(25(31)36-26)17-13-21(34-2)15-22(14-17)35-3/h4-11,13-15,32H,12H2,1-3H3. The highest BCUT2D eigenvalue weighted by atomic mass is 19.4. The summed E-state index contributed by atoms with van der Waals surface area (Å²) in [7, 11) is 4.36. The van der Waals surface area contributed by atoms with Gasteiger partial charge in [-0.2, -0.15) is 13.2 Å². The van der Waals surface area contributed by atoms with Crippen LogP contribution in [0, 0.1) is 0 Å². The molecule has 4 rings (SSSR count). The van der Waals surface area contributed by atoms with Crippen LogP contribution in [0.15, 0.2) is 72.3 Å². The first-order chi connectivity index (χ1) is 17.1. The summed E-state index contributed by atoms with van der Waals surface area (Å²) in [6.07, 6.45) is -4.76. The summed E-state index contributed by atoms with van der Waals surface area (Å²) in [5, 5.41) is 11.7. The van der Waals surface area contributed by atoms with Gasteiger partial charge in [0.05, 0.1) is 32.5 Å². The number of methoxy groups -OCH3 is 3. The Balaban J connectivity index is 1.93. The number of benzene rings is 3. The third kappa shape index (κ3) is 4.74. The molecular weight excluding hydrogens is 477 g/mol. The van der Waals surface area contributed by atoms with Gasteiger partial charge < -0.3 is 24.1 Å². The molecule has 6 nitrogen and oxygen atoms in total. The topological polar surface area (TPSA) is 74.2 Å². The first-order valence-corrected chi connectivity index (χ1v) is 10.8. The zero-order valence-electron chi connectivity index (χ0n) is 19.7. The van der Waals surface area contributed by atoms with Crippen LogP contribution in [0.25, 0.3) is 5.57 Å². The van der Waals surface area contributed by atoms with E-state index in [0.29, 0.717) is 22.8 Å². The molecule has 188 valence electrons. The molecule has 0 saturated carbocycles. The number of hydrogen-bond donors (Lipinski definition) is 1. The first kappa shape index (κ1) is 25.1. The highest BCUT2D eigenvalue weighted by Crippen LogP contribution is 2.46. The van der Waals surface area contributed by atoms with Crippen molar-refractivity contribution in [2.75, 3.05) is 21.3 Å². The molecule has 0 saturated heterocycles. The molecule has 1 unspecified atom stereocenters. The van der Waals surface area contributed by atoms with Crippen molar-refractivity contribution in [3.8, 4) is 17.2 Å². The minimum atomic E-state index is -4.55. The second kappa shape index (κ2) is 9.58. The van der Waals surface area contributed by atoms with E-state index in [9.17, 15) is 23.1 Å². The normalized spacial score (nSPS) is 17.7. The van der Waals surface area contributed by atoms with E-state index in [4.69, 9.17) is 18.9 Å². The largest absolute Gasteiger partial charge is 0.497 e. The zero-order valence-corrected chi connectivity index (χ0v) is 19.7. The van der Waals surface area contributed by atoms with Gasteiger partial charge >= 0.3 is 12.1 Å². The molecule has 3 aromatic carbocycles. The number of carbonyl (C=O) groups is 1. The van der Waals surface area contributed by atoms with E-state index in [1.54, 1.807) is 30.3 Å². The fourth-order valence-corrected chi connectivity index (χ4v) is 4.10. The third-order valence-corrected chi connectivity index (χ3v) is 5.91. The van der Waals surface area contributed by atoms with Gasteiger partial charge in [0.2, 0.25) is 0 Å². The van der Waals surface area contributed by atoms with Gasteiger partial charge in [-0.1, -0.05) is 18.2 Å². The van der Waals surface area contributed by atoms with Crippen LogP contribution in [0.2, 0.25) is 0 Å². The van der Waals surface area contributed by atoms with Crippen LogP contribution < -0.4 is 14.2 Å². The summed E-state index contributed by atoms with van der Waals surface area (Å²) in [4.78, 5) is 13.2. The Hall–Kier alpha value is -3.98. The number of aliphatic hydroxyl groups is 1. The SMILES string of the molecule is COc1ccc(C2(O)OC(=O)C(c3cc(OC)cc(OC)c3)=C2Cc2cccc(C(F)(F)F)c2)cc1. The Bertz CT molecular complexity index is 1290. The van der Waals surface area contributed by atoms with Crippen molar-refractivity contribution in [1.29, 1.82) is 0 Å². The van der Waals surface area contributed by atoms with Crippen molar-refractivity contribution in [2.24, 2.45) is 0 Å². The number of esters is 1. The summed E-state index contributed by atoms with van der Waals surface area (Å²) < 4.78 is 61.4. The van der Waals surface area contributed by atoms with Crippen LogP contribution in [-0.4, -0.2) is 32.4 Å². The van der Waals surface area contributed by atoms with Gasteiger partial charge in [-0.05, 0) is 53.6 Å². The Morgan fingerprint density at radius 2 is 1.47 bits per heavy atom. The van der Waals surface area contributed by atoms with Crippen LogP contribution in [0.4, 0.5) is 13.2 Å². The van der Waals surface area contributed by atoms with Gasteiger partial charge in [-0.3, -0.25) is 0 Å². The van der Waals surface area contributed by atoms with Crippen molar-refractivity contribution < 1.29 is 42.0 Å². The molecular formula is C27H23F3O6. The molecule has 1 N–H and O–H groups in total. The Labute approximate surface area is 205 Å². The molecule has 0 radical (unpaired) electrons. The molecule has 1 aliphatic rings. The minimum absolute atomic E-state index is 0.00271. The summed E-state index contributed by atoms with van der Waals surface area (Å²) >= 11 is 0. The van der Waals surface area contributed by atoms with Gasteiger partial charge in [0.15, 0.2) is 0 Å². The summed E-state index contributed by atoms with van der Waals surface area (Å²) in [5.74, 6) is -1.81. The maximum absolute atomic E-state index is 13.4. The Kier molecular flexibility index (Phi) is 6.69. The molecule has 0 amide bonds. The molecule has 1 heterocycles. The second-order valence-corrected chi connectivity index (χ2v) is 8.09. The lowest BCUT2D eigenvalue weighted by Gasteiger charge is -2.26. The number of halogens is 3. The smallest absolute Gasteiger partial charge is 0.416 e. The van der Waals surface area contributed by atoms with E-state index in [2.05, 4.69) is 0 Å². The lowest BCUT2D eigenvalue weighted by molar-refractivity contribution is -0.185. The number of cyclic esters (lactones) is 1. The van der Waals surface area contributed by atoms with Gasteiger partial charge in [-0.25, -0.2) is 4.79 Å². The van der Waals surface area contributed by atoms with Gasteiger partial charge in [-0.15, -0.1) is 0 Å². The number of hydrogen-bond acceptors (Lipinski definition) is 6. The average Bonchev–Trinajstić information content (AvgIpc) is 3.13. The molecule has 1 aliphatic heterocycles. The highest BCUT2D eigenvalue weighted by molar-refractivity contribution is 6.20. The third-order valence-electron chi connectivity index (χ3n) is 5.91. The predicted octanol–water partition coefficient (Wildman–Crippen LogP) is 5.13. The fourth-order valence-electron chi connectivity index (χ4n) is 4.10. The lowest BCUT2D eigenvalue weighted by Crippen LogP contribution is -2.29. The van der Waals surface area contributed by atoms with Crippen molar-refractivity contribution >= 4 is 11.5 Å². The second-order valence-electron chi connectivity index (χ2n) is 8.09. The van der Waals surface area contributed by atoms with E-state index in [1.807, 2.05) is 0 Å². The zero-order chi connectivity index (χ0) is 26.1. The maximum Gasteiger partial charge on any atom is 0.416 e. The van der Waals surface area contributed by atoms with E-state index in [1.165, 1.54) is 45.6 Å². The highest BCUT2D eigenvalue weighted by Gasteiger charge is 2.48. The Morgan fingerprint density at radius 1 is 0.861 bits per heavy atom. The van der Waals surface area contributed by atoms with Gasteiger partial charge in [0.1, 0.15) is 17.2 Å². The number of alkyl halides is 3. The van der Waals surface area contributed by atoms with E-state index in [-0.39, 0.29) is 28.7 Å². The molecule has 0 spiro atoms. The maximum atomic E-state index is 13.4. The number of carbonyl (C=O) groups excluding carboxylic acids is 1. The molecule has 0 bridgehead atoms. The monoisotopic (exact) mass is 500 g/mol. The Morgan fingerprint density at radius 3 is 2.03 bits per heavy atom. The van der Waals surface area contributed by atoms with Crippen LogP contribution >= 0.6 is 0 Å². The quantitative estimate of drug-likeness (QED) is 0.454. The molecule has 9 heteroatoms. The van der Waals surface area contributed by atoms with Crippen molar-refractivity contribution in [3.63, 3.8) is 0 Å². The van der Waals surface area contributed by atoms with Crippen molar-refractivity contribution in [1.82, 2.24) is 0 Å². The molecule has 36 heavy (non-hydrogen) atoms. The van der Waals surface area contributed by atoms with Crippen LogP contribution in [0.3, 0.4) is 0 Å². The first-order valence-electron chi connectivity index (χ1n) is 10.8. The van der Waals surface area contributed by atoms with Crippen LogP contribution in [0.1, 0.15) is 22.3 Å². The summed E-state index contributed by atoms with van der Waals surface area (Å²) in [5.41, 5.74) is 0.00202. The van der Waals surface area contributed by atoms with E-state index < -0.39 is 23.5 Å². The van der Waals surface area contributed by atoms with Crippen molar-refractivity contribution in [2.45, 2.75) is 18.4 Å². The summed E-state index contributed by atoms with van der Waals surface area (Å²) in [6, 6.07) is 15.6. The van der Waals surface area contributed by atoms with Gasteiger partial charge in [0.25, 0.3) is 5.79 Å². The van der Waals surface area contributed by atoms with Gasteiger partial charge in [0, 0.05) is 23.6 Å². The van der Waals surface area contributed by atoms with Crippen LogP contribution in [-0.2, 0) is 27.9 Å². The molecule has 0 fully saturated rings.